The molecule has 344 valence electrons. The Morgan fingerprint density at radius 2 is 1.27 bits per heavy atom. The normalized spacial score (nSPS) is 18.6. The van der Waals surface area contributed by atoms with Crippen LogP contribution in [0.15, 0.2) is 0 Å². The number of ether oxygens (including phenoxy) is 1. The van der Waals surface area contributed by atoms with Gasteiger partial charge in [-0.3, -0.25) is 33.6 Å². The van der Waals surface area contributed by atoms with Crippen LogP contribution in [0, 0.1) is 29.6 Å². The number of nitrogens with two attached hydrogens (primary N) is 1. The summed E-state index contributed by atoms with van der Waals surface area (Å²) in [6.07, 6.45) is -0.106. The van der Waals surface area contributed by atoms with Crippen LogP contribution in [0.3, 0.4) is 0 Å². The van der Waals surface area contributed by atoms with E-state index in [4.69, 9.17) is 10.5 Å². The van der Waals surface area contributed by atoms with Gasteiger partial charge in [0.1, 0.15) is 42.4 Å². The number of amides is 8. The van der Waals surface area contributed by atoms with Crippen molar-refractivity contribution < 1.29 is 43.1 Å². The van der Waals surface area contributed by atoms with Gasteiger partial charge in [-0.25, -0.2) is 4.79 Å². The lowest BCUT2D eigenvalue weighted by atomic mass is 9.92. The van der Waals surface area contributed by atoms with Crippen molar-refractivity contribution in [1.82, 2.24) is 34.7 Å². The van der Waals surface area contributed by atoms with Crippen molar-refractivity contribution in [1.29, 1.82) is 0 Å². The van der Waals surface area contributed by atoms with Crippen molar-refractivity contribution in [3.8, 4) is 0 Å². The number of nitrogens with zero attached hydrogens (tertiary/aromatic N) is 6. The Hall–Kier alpha value is -4.44. The molecule has 1 fully saturated rings. The summed E-state index contributed by atoms with van der Waals surface area (Å²) in [7, 11) is 8.97. The third-order valence-electron chi connectivity index (χ3n) is 11.6. The monoisotopic (exact) mass is 851 g/mol. The summed E-state index contributed by atoms with van der Waals surface area (Å²) in [6, 6.07) is -6.47. The molecule has 0 radical (unpaired) electrons. The highest BCUT2D eigenvalue weighted by Gasteiger charge is 2.47. The lowest BCUT2D eigenvalue weighted by Gasteiger charge is -2.43. The molecule has 4 unspecified atom stereocenters. The summed E-state index contributed by atoms with van der Waals surface area (Å²) >= 11 is 0. The number of hydrogen-bond donors (Lipinski definition) is 2. The van der Waals surface area contributed by atoms with E-state index in [1.54, 1.807) is 41.8 Å². The molecule has 17 heteroatoms. The zero-order valence-electron chi connectivity index (χ0n) is 39.6. The average Bonchev–Trinajstić information content (AvgIpc) is 3.16. The minimum atomic E-state index is -1.44. The number of carbonyl (C=O) groups is 8. The highest BCUT2D eigenvalue weighted by Crippen LogP contribution is 2.26. The second-order valence-electron chi connectivity index (χ2n) is 18.4. The molecule has 0 aliphatic carbocycles. The van der Waals surface area contributed by atoms with Gasteiger partial charge in [-0.2, -0.15) is 0 Å². The molecule has 0 saturated carbocycles. The van der Waals surface area contributed by atoms with E-state index in [0.717, 1.165) is 0 Å². The van der Waals surface area contributed by atoms with Gasteiger partial charge in [0.05, 0.1) is 0 Å². The number of hydrogen-bond acceptors (Lipinski definition) is 9. The minimum Gasteiger partial charge on any atom is -0.443 e. The lowest BCUT2D eigenvalue weighted by molar-refractivity contribution is -0.157. The van der Waals surface area contributed by atoms with Gasteiger partial charge in [0, 0.05) is 61.2 Å². The molecule has 0 aromatic rings. The molecule has 60 heavy (non-hydrogen) atoms. The van der Waals surface area contributed by atoms with Crippen LogP contribution >= 0.6 is 0 Å². The number of rotatable bonds is 22. The van der Waals surface area contributed by atoms with Crippen LogP contribution in [-0.2, 0) is 38.3 Å². The Kier molecular flexibility index (Phi) is 21.0. The summed E-state index contributed by atoms with van der Waals surface area (Å²) in [4.78, 5) is 118. The Labute approximate surface area is 359 Å². The standard InChI is InChI=1S/C43H78N8O9/c1-18-30(40(56)47(13)29(11)39(55)49(15)31(37(44)53)21-25(4)5)45-38(54)35(36-28(10)23-46(12)43(59)60-36)51(17)42(58)34(27(8)9)50(16)41(57)32(22-26(6)7)48(14)33(52)20-19-24(2)3/h24-32,34-36H,18-23H2,1-17H3,(H2,44,53)(H,45,54)/t28-,29-,30?,31?,32?,34?,35+,36-/m1/s1. The molecular formula is C43H78N8O9. The van der Waals surface area contributed by atoms with Gasteiger partial charge in [0.25, 0.3) is 0 Å². The highest BCUT2D eigenvalue weighted by molar-refractivity contribution is 5.97. The number of cyclic esters (lactones) is 1. The van der Waals surface area contributed by atoms with Gasteiger partial charge in [0.2, 0.25) is 41.4 Å². The van der Waals surface area contributed by atoms with Gasteiger partial charge >= 0.3 is 6.09 Å². The molecule has 1 aliphatic heterocycles. The van der Waals surface area contributed by atoms with Crippen molar-refractivity contribution in [2.45, 2.75) is 151 Å². The van der Waals surface area contributed by atoms with E-state index in [2.05, 4.69) is 5.32 Å². The molecule has 1 rings (SSSR count). The van der Waals surface area contributed by atoms with Gasteiger partial charge < -0.3 is 45.2 Å². The first-order valence-corrected chi connectivity index (χ1v) is 21.5. The predicted octanol–water partition coefficient (Wildman–Crippen LogP) is 2.79. The zero-order valence-corrected chi connectivity index (χ0v) is 39.6. The van der Waals surface area contributed by atoms with Crippen LogP contribution in [-0.4, -0.2) is 168 Å². The first-order valence-electron chi connectivity index (χ1n) is 21.5. The molecule has 0 aromatic carbocycles. The highest BCUT2D eigenvalue weighted by atomic mass is 16.6. The van der Waals surface area contributed by atoms with Crippen molar-refractivity contribution >= 4 is 47.4 Å². The van der Waals surface area contributed by atoms with E-state index in [1.807, 2.05) is 41.5 Å². The molecule has 1 aliphatic rings. The van der Waals surface area contributed by atoms with E-state index in [1.165, 1.54) is 64.5 Å². The number of primary amides is 1. The topological polar surface area (TPSA) is 203 Å². The van der Waals surface area contributed by atoms with E-state index in [-0.39, 0.29) is 37.1 Å². The van der Waals surface area contributed by atoms with Crippen molar-refractivity contribution in [3.05, 3.63) is 0 Å². The van der Waals surface area contributed by atoms with E-state index in [0.29, 0.717) is 25.2 Å². The molecule has 8 atom stereocenters. The molecule has 1 saturated heterocycles. The summed E-state index contributed by atoms with van der Waals surface area (Å²) in [5.74, 6) is -4.28. The zero-order chi connectivity index (χ0) is 46.7. The summed E-state index contributed by atoms with van der Waals surface area (Å²) in [6.45, 7) is 20.5. The van der Waals surface area contributed by atoms with E-state index >= 15 is 0 Å². The molecule has 17 nitrogen and oxygen atoms in total. The fourth-order valence-electron chi connectivity index (χ4n) is 7.66. The summed E-state index contributed by atoms with van der Waals surface area (Å²) < 4.78 is 5.81. The van der Waals surface area contributed by atoms with Crippen molar-refractivity contribution in [2.24, 2.45) is 35.3 Å². The third kappa shape index (κ3) is 14.1. The second-order valence-corrected chi connectivity index (χ2v) is 18.4. The van der Waals surface area contributed by atoms with Crippen LogP contribution in [0.2, 0.25) is 0 Å². The predicted molar refractivity (Wildman–Crippen MR) is 230 cm³/mol. The largest absolute Gasteiger partial charge is 0.443 e. The molecule has 1 heterocycles. The number of nitrogens with one attached hydrogen (secondary N) is 1. The van der Waals surface area contributed by atoms with E-state index < -0.39 is 95.7 Å². The molecular weight excluding hydrogens is 773 g/mol. The smallest absolute Gasteiger partial charge is 0.409 e. The lowest BCUT2D eigenvalue weighted by Crippen LogP contribution is -2.65. The average molecular weight is 851 g/mol. The van der Waals surface area contributed by atoms with Crippen LogP contribution in [0.25, 0.3) is 0 Å². The van der Waals surface area contributed by atoms with Crippen LogP contribution in [0.4, 0.5) is 4.79 Å². The minimum absolute atomic E-state index is 0.0458. The Bertz CT molecular complexity index is 1520. The maximum absolute atomic E-state index is 14.8. The maximum atomic E-state index is 14.8. The van der Waals surface area contributed by atoms with Crippen LogP contribution < -0.4 is 11.1 Å². The van der Waals surface area contributed by atoms with Gasteiger partial charge in [-0.15, -0.1) is 0 Å². The second kappa shape index (κ2) is 23.5. The fraction of sp³-hybridized carbons (Fsp3) is 0.814. The number of carbonyl (C=O) groups excluding carboxylic acids is 8. The summed E-state index contributed by atoms with van der Waals surface area (Å²) in [5.41, 5.74) is 5.63. The first kappa shape index (κ1) is 53.6. The number of likely N-dealkylation sites (N-methyl/N-ethyl adjacent to an activating group) is 5. The van der Waals surface area contributed by atoms with Crippen molar-refractivity contribution in [2.75, 3.05) is 48.8 Å². The first-order chi connectivity index (χ1) is 27.6. The van der Waals surface area contributed by atoms with Gasteiger partial charge in [0.15, 0.2) is 0 Å². The molecule has 0 aromatic heterocycles. The Morgan fingerprint density at radius 1 is 0.733 bits per heavy atom. The van der Waals surface area contributed by atoms with Crippen molar-refractivity contribution in [3.63, 3.8) is 0 Å². The Balaban J connectivity index is 3.62. The van der Waals surface area contributed by atoms with Crippen LogP contribution in [0.5, 0.6) is 0 Å². The fourth-order valence-corrected chi connectivity index (χ4v) is 7.66. The molecule has 3 N–H and O–H groups in total. The quantitative estimate of drug-likeness (QED) is 0.164. The summed E-state index contributed by atoms with van der Waals surface area (Å²) in [5, 5.41) is 2.77. The molecule has 0 bridgehead atoms. The van der Waals surface area contributed by atoms with Gasteiger partial charge in [-0.1, -0.05) is 69.2 Å². The van der Waals surface area contributed by atoms with Gasteiger partial charge in [-0.05, 0) is 56.3 Å². The van der Waals surface area contributed by atoms with E-state index in [9.17, 15) is 38.4 Å². The molecule has 0 spiro atoms. The SMILES string of the molecule is CCC(NC(=O)[C@H]([C@@H]1OC(=O)N(C)C[C@H]1C)N(C)C(=O)C(C(C)C)N(C)C(=O)C(CC(C)C)N(C)C(=O)CCC(C)C)C(=O)N(C)[C@H](C)C(=O)N(C)C(CC(C)C)C(N)=O. The maximum Gasteiger partial charge on any atom is 0.409 e. The third-order valence-corrected chi connectivity index (χ3v) is 11.6. The Morgan fingerprint density at radius 3 is 1.73 bits per heavy atom. The molecule has 8 amide bonds. The van der Waals surface area contributed by atoms with Crippen LogP contribution in [0.1, 0.15) is 108 Å².